The Bertz CT molecular complexity index is 1140. The molecule has 0 aliphatic heterocycles. The Balaban J connectivity index is 1.37. The highest BCUT2D eigenvalue weighted by atomic mass is 35.5. The molecule has 29 heavy (non-hydrogen) atoms. The van der Waals surface area contributed by atoms with E-state index in [0.717, 1.165) is 28.1 Å². The highest BCUT2D eigenvalue weighted by Gasteiger charge is 2.06. The number of anilines is 1. The minimum Gasteiger partial charge on any atom is -0.298 e. The van der Waals surface area contributed by atoms with Crippen molar-refractivity contribution in [3.63, 3.8) is 0 Å². The summed E-state index contributed by atoms with van der Waals surface area (Å²) in [6.07, 6.45) is 7.22. The summed E-state index contributed by atoms with van der Waals surface area (Å²) in [5.74, 6) is -0.245. The van der Waals surface area contributed by atoms with Crippen LogP contribution in [0.2, 0.25) is 5.02 Å². The number of carbonyl (C=O) groups excluding carboxylic acids is 1. The van der Waals surface area contributed by atoms with Crippen molar-refractivity contribution in [2.45, 2.75) is 6.42 Å². The van der Waals surface area contributed by atoms with E-state index in [4.69, 9.17) is 11.6 Å². The van der Waals surface area contributed by atoms with Crippen molar-refractivity contribution >= 4 is 40.1 Å². The van der Waals surface area contributed by atoms with E-state index in [0.29, 0.717) is 10.2 Å². The second-order valence-corrected chi connectivity index (χ2v) is 7.66. The van der Waals surface area contributed by atoms with Crippen LogP contribution in [-0.2, 0) is 11.2 Å². The second-order valence-electron chi connectivity index (χ2n) is 6.11. The number of hydrogen-bond acceptors (Lipinski definition) is 6. The molecule has 0 aliphatic carbocycles. The second kappa shape index (κ2) is 8.76. The largest absolute Gasteiger partial charge is 0.298 e. The van der Waals surface area contributed by atoms with E-state index in [2.05, 4.69) is 25.8 Å². The van der Waals surface area contributed by atoms with Gasteiger partial charge in [-0.05, 0) is 51.9 Å². The van der Waals surface area contributed by atoms with Crippen molar-refractivity contribution in [2.75, 3.05) is 5.32 Å². The van der Waals surface area contributed by atoms with Gasteiger partial charge in [-0.15, -0.1) is 16.4 Å². The number of rotatable bonds is 6. The van der Waals surface area contributed by atoms with Gasteiger partial charge in [0.05, 0.1) is 5.69 Å². The molecule has 0 unspecified atom stereocenters. The predicted octanol–water partition coefficient (Wildman–Crippen LogP) is 4.01. The van der Waals surface area contributed by atoms with Gasteiger partial charge >= 0.3 is 0 Å². The first kappa shape index (κ1) is 19.0. The molecule has 1 N–H and O–H groups in total. The van der Waals surface area contributed by atoms with Gasteiger partial charge < -0.3 is 0 Å². The van der Waals surface area contributed by atoms with Crippen molar-refractivity contribution in [3.05, 3.63) is 88.2 Å². The fourth-order valence-electron chi connectivity index (χ4n) is 2.62. The number of nitrogens with zero attached hydrogens (tertiary/aromatic N) is 5. The molecule has 4 rings (SSSR count). The Hall–Kier alpha value is -3.36. The summed E-state index contributed by atoms with van der Waals surface area (Å²) in [5.41, 5.74) is 2.80. The van der Waals surface area contributed by atoms with Crippen LogP contribution in [0, 0.1) is 0 Å². The van der Waals surface area contributed by atoms with E-state index in [1.54, 1.807) is 17.0 Å². The highest BCUT2D eigenvalue weighted by Crippen LogP contribution is 2.22. The van der Waals surface area contributed by atoms with Crippen LogP contribution in [0.15, 0.2) is 67.1 Å². The first-order valence-corrected chi connectivity index (χ1v) is 9.87. The van der Waals surface area contributed by atoms with Gasteiger partial charge in [0.2, 0.25) is 5.91 Å². The minimum atomic E-state index is -0.245. The average Bonchev–Trinajstić information content (AvgIpc) is 3.41. The molecule has 144 valence electrons. The van der Waals surface area contributed by atoms with Crippen molar-refractivity contribution in [1.82, 2.24) is 25.2 Å². The average molecular weight is 423 g/mol. The van der Waals surface area contributed by atoms with Gasteiger partial charge in [0.25, 0.3) is 0 Å². The third-order valence-electron chi connectivity index (χ3n) is 3.99. The van der Waals surface area contributed by atoms with Gasteiger partial charge in [-0.3, -0.25) is 10.1 Å². The SMILES string of the molecule is O=C(/C=C/c1cccc(-n2cnnn2)c1)Nc1ncc(Cc2ccc(Cl)cc2)s1. The fraction of sp³-hybridized carbons (Fsp3) is 0.0500. The third kappa shape index (κ3) is 5.13. The first-order valence-electron chi connectivity index (χ1n) is 8.67. The molecule has 2 aromatic carbocycles. The topological polar surface area (TPSA) is 85.6 Å². The lowest BCUT2D eigenvalue weighted by Gasteiger charge is -2.00. The maximum atomic E-state index is 12.2. The third-order valence-corrected chi connectivity index (χ3v) is 5.15. The van der Waals surface area contributed by atoms with Crippen LogP contribution in [0.4, 0.5) is 5.13 Å². The summed E-state index contributed by atoms with van der Waals surface area (Å²) < 4.78 is 1.55. The molecule has 2 aromatic heterocycles. The molecule has 9 heteroatoms. The number of aromatic nitrogens is 5. The fourth-order valence-corrected chi connectivity index (χ4v) is 3.60. The number of hydrogen-bond donors (Lipinski definition) is 1. The zero-order valence-electron chi connectivity index (χ0n) is 15.1. The lowest BCUT2D eigenvalue weighted by atomic mass is 10.1. The molecule has 0 radical (unpaired) electrons. The van der Waals surface area contributed by atoms with Gasteiger partial charge in [0.1, 0.15) is 6.33 Å². The number of tetrazole rings is 1. The van der Waals surface area contributed by atoms with Crippen LogP contribution in [0.1, 0.15) is 16.0 Å². The Kier molecular flexibility index (Phi) is 5.73. The molecule has 0 fully saturated rings. The summed E-state index contributed by atoms with van der Waals surface area (Å²) >= 11 is 7.36. The minimum absolute atomic E-state index is 0.245. The molecule has 0 bridgehead atoms. The Morgan fingerprint density at radius 1 is 1.21 bits per heavy atom. The van der Waals surface area contributed by atoms with Crippen LogP contribution >= 0.6 is 22.9 Å². The van der Waals surface area contributed by atoms with E-state index in [1.807, 2.05) is 48.5 Å². The molecule has 1 amide bonds. The van der Waals surface area contributed by atoms with Gasteiger partial charge in [0, 0.05) is 28.6 Å². The lowest BCUT2D eigenvalue weighted by Crippen LogP contribution is -2.07. The van der Waals surface area contributed by atoms with Gasteiger partial charge in [-0.2, -0.15) is 0 Å². The number of benzene rings is 2. The van der Waals surface area contributed by atoms with E-state index in [9.17, 15) is 4.79 Å². The summed E-state index contributed by atoms with van der Waals surface area (Å²) in [6, 6.07) is 15.2. The number of amides is 1. The maximum absolute atomic E-state index is 12.2. The van der Waals surface area contributed by atoms with E-state index >= 15 is 0 Å². The van der Waals surface area contributed by atoms with Gasteiger partial charge in [-0.1, -0.05) is 35.9 Å². The normalized spacial score (nSPS) is 11.1. The quantitative estimate of drug-likeness (QED) is 0.474. The van der Waals surface area contributed by atoms with E-state index in [1.165, 1.54) is 23.7 Å². The molecule has 0 aliphatic rings. The van der Waals surface area contributed by atoms with Crippen molar-refractivity contribution in [2.24, 2.45) is 0 Å². The van der Waals surface area contributed by atoms with Crippen LogP contribution in [0.25, 0.3) is 11.8 Å². The van der Waals surface area contributed by atoms with Crippen LogP contribution in [0.3, 0.4) is 0 Å². The monoisotopic (exact) mass is 422 g/mol. The Labute approximate surface area is 175 Å². The summed E-state index contributed by atoms with van der Waals surface area (Å²) in [6.45, 7) is 0. The van der Waals surface area contributed by atoms with Crippen molar-refractivity contribution in [1.29, 1.82) is 0 Å². The molecule has 0 saturated heterocycles. The number of nitrogens with one attached hydrogen (secondary N) is 1. The molecule has 0 saturated carbocycles. The van der Waals surface area contributed by atoms with Gasteiger partial charge in [0.15, 0.2) is 5.13 Å². The number of halogens is 1. The predicted molar refractivity (Wildman–Crippen MR) is 113 cm³/mol. The molecule has 0 atom stereocenters. The molecular weight excluding hydrogens is 408 g/mol. The summed E-state index contributed by atoms with van der Waals surface area (Å²) in [4.78, 5) is 17.6. The van der Waals surface area contributed by atoms with E-state index < -0.39 is 0 Å². The Morgan fingerprint density at radius 2 is 2.07 bits per heavy atom. The number of thiazole rings is 1. The van der Waals surface area contributed by atoms with Crippen LogP contribution in [0.5, 0.6) is 0 Å². The Morgan fingerprint density at radius 3 is 2.86 bits per heavy atom. The maximum Gasteiger partial charge on any atom is 0.250 e. The zero-order chi connectivity index (χ0) is 20.1. The van der Waals surface area contributed by atoms with Crippen LogP contribution in [-0.4, -0.2) is 31.1 Å². The molecule has 2 heterocycles. The first-order chi connectivity index (χ1) is 14.2. The summed E-state index contributed by atoms with van der Waals surface area (Å²) in [7, 11) is 0. The molecule has 0 spiro atoms. The number of carbonyl (C=O) groups is 1. The van der Waals surface area contributed by atoms with Crippen LogP contribution < -0.4 is 5.32 Å². The molecular formula is C20H15ClN6OS. The lowest BCUT2D eigenvalue weighted by molar-refractivity contribution is -0.111. The molecule has 7 nitrogen and oxygen atoms in total. The van der Waals surface area contributed by atoms with Gasteiger partial charge in [-0.25, -0.2) is 9.67 Å². The van der Waals surface area contributed by atoms with Crippen molar-refractivity contribution < 1.29 is 4.79 Å². The van der Waals surface area contributed by atoms with E-state index in [-0.39, 0.29) is 5.91 Å². The van der Waals surface area contributed by atoms with Crippen molar-refractivity contribution in [3.8, 4) is 5.69 Å². The molecule has 4 aromatic rings. The zero-order valence-corrected chi connectivity index (χ0v) is 16.6. The standard InChI is InChI=1S/C20H15ClN6OS/c21-16-7-4-15(5-8-16)11-18-12-22-20(29-18)24-19(28)9-6-14-2-1-3-17(10-14)27-13-23-25-26-27/h1-10,12-13H,11H2,(H,22,24,28)/b9-6+. The smallest absolute Gasteiger partial charge is 0.250 e. The summed E-state index contributed by atoms with van der Waals surface area (Å²) in [5, 5.41) is 15.2. The highest BCUT2D eigenvalue weighted by molar-refractivity contribution is 7.15.